The summed E-state index contributed by atoms with van der Waals surface area (Å²) in [4.78, 5) is 11.2. The largest absolute Gasteiger partial charge is 0.497 e. The van der Waals surface area contributed by atoms with Crippen molar-refractivity contribution in [3.05, 3.63) is 48.2 Å². The number of aliphatic imine (C=N–C) groups is 1. The molecular weight excluding hydrogens is 380 g/mol. The number of nitrogens with zero attached hydrogens (tertiary/aromatic N) is 3. The molecule has 0 spiro atoms. The van der Waals surface area contributed by atoms with Crippen LogP contribution in [0.25, 0.3) is 0 Å². The molecule has 0 amide bonds. The van der Waals surface area contributed by atoms with Crippen molar-refractivity contribution in [3.8, 4) is 17.4 Å². The number of hydrogen-bond acceptors (Lipinski definition) is 5. The van der Waals surface area contributed by atoms with Crippen LogP contribution in [0.4, 0.5) is 0 Å². The van der Waals surface area contributed by atoms with Gasteiger partial charge in [0.1, 0.15) is 11.5 Å². The van der Waals surface area contributed by atoms with Gasteiger partial charge in [-0.15, -0.1) is 0 Å². The molecule has 1 N–H and O–H groups in total. The highest BCUT2D eigenvalue weighted by molar-refractivity contribution is 5.79. The third-order valence-corrected chi connectivity index (χ3v) is 4.79. The molecule has 3 rings (SSSR count). The number of hydrogen-bond donors (Lipinski definition) is 1. The lowest BCUT2D eigenvalue weighted by Crippen LogP contribution is -2.40. The van der Waals surface area contributed by atoms with Crippen LogP contribution in [0.15, 0.2) is 47.6 Å². The maximum absolute atomic E-state index is 5.79. The Morgan fingerprint density at radius 1 is 1.23 bits per heavy atom. The highest BCUT2D eigenvalue weighted by Gasteiger charge is 2.21. The first kappa shape index (κ1) is 21.9. The molecule has 1 fully saturated rings. The molecule has 1 aliphatic rings. The van der Waals surface area contributed by atoms with E-state index in [4.69, 9.17) is 19.2 Å². The topological polar surface area (TPSA) is 68.2 Å². The van der Waals surface area contributed by atoms with Crippen molar-refractivity contribution in [1.82, 2.24) is 15.2 Å². The van der Waals surface area contributed by atoms with Crippen LogP contribution in [0, 0.1) is 5.92 Å². The molecule has 30 heavy (non-hydrogen) atoms. The summed E-state index contributed by atoms with van der Waals surface area (Å²) in [5.41, 5.74) is 1.02. The van der Waals surface area contributed by atoms with E-state index in [0.29, 0.717) is 18.2 Å². The van der Waals surface area contributed by atoms with Crippen LogP contribution in [0.1, 0.15) is 25.3 Å². The number of nitrogens with one attached hydrogen (secondary N) is 1. The van der Waals surface area contributed by atoms with Crippen LogP contribution in [0.2, 0.25) is 0 Å². The number of ether oxygens (including phenoxy) is 3. The highest BCUT2D eigenvalue weighted by atomic mass is 16.5. The second kappa shape index (κ2) is 11.4. The lowest BCUT2D eigenvalue weighted by Gasteiger charge is -2.22. The molecule has 0 bridgehead atoms. The van der Waals surface area contributed by atoms with Gasteiger partial charge >= 0.3 is 0 Å². The number of benzene rings is 1. The Bertz CT molecular complexity index is 806. The quantitative estimate of drug-likeness (QED) is 0.345. The van der Waals surface area contributed by atoms with Crippen molar-refractivity contribution < 1.29 is 14.2 Å². The van der Waals surface area contributed by atoms with Gasteiger partial charge in [0.25, 0.3) is 0 Å². The molecule has 7 nitrogen and oxygen atoms in total. The lowest BCUT2D eigenvalue weighted by atomic mass is 10.3. The van der Waals surface area contributed by atoms with Crippen molar-refractivity contribution in [2.75, 3.05) is 40.5 Å². The van der Waals surface area contributed by atoms with Gasteiger partial charge in [-0.1, -0.05) is 12.1 Å². The Labute approximate surface area is 179 Å². The van der Waals surface area contributed by atoms with Crippen LogP contribution in [-0.2, 0) is 11.3 Å². The Morgan fingerprint density at radius 3 is 2.77 bits per heavy atom. The summed E-state index contributed by atoms with van der Waals surface area (Å²) in [5, 5.41) is 3.33. The Balaban J connectivity index is 1.51. The zero-order valence-corrected chi connectivity index (χ0v) is 18.1. The Morgan fingerprint density at radius 2 is 2.07 bits per heavy atom. The summed E-state index contributed by atoms with van der Waals surface area (Å²) in [6.07, 6.45) is 4.43. The van der Waals surface area contributed by atoms with Crippen molar-refractivity contribution in [3.63, 3.8) is 0 Å². The number of rotatable bonds is 11. The van der Waals surface area contributed by atoms with Crippen LogP contribution in [-0.4, -0.2) is 56.3 Å². The molecule has 162 valence electrons. The minimum Gasteiger partial charge on any atom is -0.497 e. The molecule has 2 aromatic rings. The first-order chi connectivity index (χ1) is 14.7. The van der Waals surface area contributed by atoms with Gasteiger partial charge < -0.3 is 24.4 Å². The third-order valence-electron chi connectivity index (χ3n) is 4.79. The fraction of sp³-hybridized carbons (Fsp3) is 0.478. The summed E-state index contributed by atoms with van der Waals surface area (Å²) in [6, 6.07) is 11.3. The van der Waals surface area contributed by atoms with Crippen LogP contribution < -0.4 is 14.8 Å². The van der Waals surface area contributed by atoms with E-state index >= 15 is 0 Å². The smallest absolute Gasteiger partial charge is 0.219 e. The lowest BCUT2D eigenvalue weighted by molar-refractivity contribution is 0.115. The zero-order chi connectivity index (χ0) is 21.2. The van der Waals surface area contributed by atoms with E-state index in [2.05, 4.69) is 22.1 Å². The van der Waals surface area contributed by atoms with Gasteiger partial charge in [-0.3, -0.25) is 0 Å². The SMILES string of the molecule is CCNC(=NCc1ccc(Oc2cccc(OC)c2)nc1)N(C)CCOCC1CC1. The second-order valence-corrected chi connectivity index (χ2v) is 7.40. The fourth-order valence-corrected chi connectivity index (χ4v) is 2.83. The number of methoxy groups -OCH3 is 1. The normalized spacial score (nSPS) is 13.8. The second-order valence-electron chi connectivity index (χ2n) is 7.40. The summed E-state index contributed by atoms with van der Waals surface area (Å²) in [5.74, 6) is 3.63. The van der Waals surface area contributed by atoms with Crippen molar-refractivity contribution >= 4 is 5.96 Å². The molecule has 1 aromatic carbocycles. The molecule has 0 radical (unpaired) electrons. The van der Waals surface area contributed by atoms with E-state index in [9.17, 15) is 0 Å². The first-order valence-electron chi connectivity index (χ1n) is 10.5. The van der Waals surface area contributed by atoms with E-state index < -0.39 is 0 Å². The average Bonchev–Trinajstić information content (AvgIpc) is 3.59. The maximum atomic E-state index is 5.79. The molecule has 1 aromatic heterocycles. The molecule has 7 heteroatoms. The minimum absolute atomic E-state index is 0.535. The summed E-state index contributed by atoms with van der Waals surface area (Å²) < 4.78 is 16.7. The number of likely N-dealkylation sites (N-methyl/N-ethyl adjacent to an activating group) is 1. The summed E-state index contributed by atoms with van der Waals surface area (Å²) >= 11 is 0. The highest BCUT2D eigenvalue weighted by Crippen LogP contribution is 2.28. The van der Waals surface area contributed by atoms with Crippen molar-refractivity contribution in [2.45, 2.75) is 26.3 Å². The maximum Gasteiger partial charge on any atom is 0.219 e. The third kappa shape index (κ3) is 7.22. The Hall–Kier alpha value is -2.80. The van der Waals surface area contributed by atoms with Crippen molar-refractivity contribution in [2.24, 2.45) is 10.9 Å². The fourth-order valence-electron chi connectivity index (χ4n) is 2.83. The number of aromatic nitrogens is 1. The van der Waals surface area contributed by atoms with Gasteiger partial charge in [-0.2, -0.15) is 0 Å². The standard InChI is InChI=1S/C23H32N4O3/c1-4-24-23(27(2)12-13-29-17-18-8-9-18)26-16-19-10-11-22(25-15-19)30-21-7-5-6-20(14-21)28-3/h5-7,10-11,14-15,18H,4,8-9,12-13,16-17H2,1-3H3,(H,24,26). The number of guanidine groups is 1. The molecule has 1 saturated carbocycles. The predicted octanol–water partition coefficient (Wildman–Crippen LogP) is 3.71. The molecule has 0 aliphatic heterocycles. The molecule has 1 heterocycles. The van der Waals surface area contributed by atoms with E-state index in [1.165, 1.54) is 12.8 Å². The van der Waals surface area contributed by atoms with Gasteiger partial charge in [0.15, 0.2) is 5.96 Å². The summed E-state index contributed by atoms with van der Waals surface area (Å²) in [6.45, 7) is 5.84. The predicted molar refractivity (Wildman–Crippen MR) is 118 cm³/mol. The molecule has 0 atom stereocenters. The molecular formula is C23H32N4O3. The van der Waals surface area contributed by atoms with Gasteiger partial charge in [0, 0.05) is 45.1 Å². The van der Waals surface area contributed by atoms with Crippen LogP contribution in [0.3, 0.4) is 0 Å². The van der Waals surface area contributed by atoms with Gasteiger partial charge in [-0.25, -0.2) is 9.98 Å². The van der Waals surface area contributed by atoms with Gasteiger partial charge in [-0.05, 0) is 43.4 Å². The van der Waals surface area contributed by atoms with Gasteiger partial charge in [0.2, 0.25) is 5.88 Å². The minimum atomic E-state index is 0.535. The van der Waals surface area contributed by atoms with E-state index in [-0.39, 0.29) is 0 Å². The average molecular weight is 413 g/mol. The molecule has 0 saturated heterocycles. The van der Waals surface area contributed by atoms with E-state index in [1.54, 1.807) is 13.3 Å². The van der Waals surface area contributed by atoms with Crippen LogP contribution in [0.5, 0.6) is 17.4 Å². The molecule has 0 unspecified atom stereocenters. The van der Waals surface area contributed by atoms with Crippen LogP contribution >= 0.6 is 0 Å². The van der Waals surface area contributed by atoms with E-state index in [0.717, 1.165) is 49.5 Å². The Kier molecular flexibility index (Phi) is 8.32. The van der Waals surface area contributed by atoms with Crippen molar-refractivity contribution in [1.29, 1.82) is 0 Å². The zero-order valence-electron chi connectivity index (χ0n) is 18.1. The number of pyridine rings is 1. The van der Waals surface area contributed by atoms with Gasteiger partial charge in [0.05, 0.1) is 20.3 Å². The first-order valence-corrected chi connectivity index (χ1v) is 10.5. The molecule has 1 aliphatic carbocycles. The monoisotopic (exact) mass is 412 g/mol. The van der Waals surface area contributed by atoms with E-state index in [1.807, 2.05) is 43.4 Å². The summed E-state index contributed by atoms with van der Waals surface area (Å²) in [7, 11) is 3.66.